The first kappa shape index (κ1) is 18.5. The largest absolute Gasteiger partial charge is 0.352 e. The van der Waals surface area contributed by atoms with Crippen LogP contribution in [-0.4, -0.2) is 53.0 Å². The molecule has 0 saturated carbocycles. The second kappa shape index (κ2) is 7.96. The van der Waals surface area contributed by atoms with Gasteiger partial charge in [-0.05, 0) is 30.9 Å². The summed E-state index contributed by atoms with van der Waals surface area (Å²) in [5, 5.41) is 6.67. The van der Waals surface area contributed by atoms with Gasteiger partial charge in [0, 0.05) is 45.3 Å². The molecule has 9 heteroatoms. The zero-order chi connectivity index (χ0) is 18.6. The summed E-state index contributed by atoms with van der Waals surface area (Å²) in [5.41, 5.74) is 1.09. The van der Waals surface area contributed by atoms with Crippen molar-refractivity contribution in [2.75, 3.05) is 19.6 Å². The first-order valence-electron chi connectivity index (χ1n) is 8.69. The number of sulfonamides is 1. The van der Waals surface area contributed by atoms with Crippen LogP contribution in [0.3, 0.4) is 0 Å². The van der Waals surface area contributed by atoms with Gasteiger partial charge >= 0.3 is 0 Å². The van der Waals surface area contributed by atoms with Crippen LogP contribution in [0.15, 0.2) is 35.7 Å². The summed E-state index contributed by atoms with van der Waals surface area (Å²) in [6.07, 6.45) is 8.19. The number of rotatable bonds is 6. The van der Waals surface area contributed by atoms with Crippen molar-refractivity contribution in [1.82, 2.24) is 24.4 Å². The molecule has 26 heavy (non-hydrogen) atoms. The quantitative estimate of drug-likeness (QED) is 0.809. The summed E-state index contributed by atoms with van der Waals surface area (Å²) in [7, 11) is -2.15. The topological polar surface area (TPSA) is 97.2 Å². The van der Waals surface area contributed by atoms with Crippen molar-refractivity contribution in [2.45, 2.75) is 30.7 Å². The van der Waals surface area contributed by atoms with Gasteiger partial charge in [0.2, 0.25) is 5.03 Å². The van der Waals surface area contributed by atoms with Crippen LogP contribution < -0.4 is 5.32 Å². The molecule has 8 nitrogen and oxygen atoms in total. The molecular formula is C17H23N5O3S. The van der Waals surface area contributed by atoms with Gasteiger partial charge < -0.3 is 5.32 Å². The van der Waals surface area contributed by atoms with Crippen LogP contribution in [0.4, 0.5) is 0 Å². The fraction of sp³-hybridized carbons (Fsp3) is 0.471. The molecule has 2 aromatic rings. The smallest absolute Gasteiger partial charge is 0.263 e. The zero-order valence-corrected chi connectivity index (χ0v) is 15.6. The fourth-order valence-electron chi connectivity index (χ4n) is 3.00. The van der Waals surface area contributed by atoms with Crippen LogP contribution in [0.25, 0.3) is 0 Å². The molecule has 0 radical (unpaired) electrons. The summed E-state index contributed by atoms with van der Waals surface area (Å²) in [6, 6.07) is 3.76. The Hall–Kier alpha value is -2.26. The van der Waals surface area contributed by atoms with Crippen molar-refractivity contribution in [1.29, 1.82) is 0 Å². The van der Waals surface area contributed by atoms with Gasteiger partial charge in [-0.3, -0.25) is 14.5 Å². The average molecular weight is 377 g/mol. The molecule has 1 aliphatic heterocycles. The van der Waals surface area contributed by atoms with Gasteiger partial charge in [0.15, 0.2) is 0 Å². The molecule has 1 amide bonds. The van der Waals surface area contributed by atoms with E-state index in [0.717, 1.165) is 24.8 Å². The van der Waals surface area contributed by atoms with Crippen LogP contribution in [-0.2, 0) is 23.5 Å². The molecule has 0 aromatic carbocycles. The second-order valence-corrected chi connectivity index (χ2v) is 8.21. The van der Waals surface area contributed by atoms with Crippen molar-refractivity contribution in [3.8, 4) is 0 Å². The lowest BCUT2D eigenvalue weighted by atomic mass is 10.2. The number of aryl methyl sites for hydroxylation is 1. The molecule has 0 aliphatic carbocycles. The van der Waals surface area contributed by atoms with E-state index in [1.54, 1.807) is 19.4 Å². The van der Waals surface area contributed by atoms with Gasteiger partial charge in [-0.2, -0.15) is 9.40 Å². The molecule has 1 N–H and O–H groups in total. The predicted octanol–water partition coefficient (Wildman–Crippen LogP) is 0.962. The van der Waals surface area contributed by atoms with Crippen molar-refractivity contribution in [2.24, 2.45) is 7.05 Å². The highest BCUT2D eigenvalue weighted by Crippen LogP contribution is 2.22. The van der Waals surface area contributed by atoms with E-state index in [1.165, 1.54) is 15.2 Å². The number of carbonyl (C=O) groups excluding carboxylic acids is 1. The van der Waals surface area contributed by atoms with Crippen LogP contribution in [0.5, 0.6) is 0 Å². The Kier molecular flexibility index (Phi) is 5.67. The third-order valence-electron chi connectivity index (χ3n) is 4.36. The van der Waals surface area contributed by atoms with Gasteiger partial charge in [-0.15, -0.1) is 0 Å². The number of piperidine rings is 1. The molecule has 3 rings (SSSR count). The minimum atomic E-state index is -3.76. The summed E-state index contributed by atoms with van der Waals surface area (Å²) in [5.74, 6) is -0.433. The van der Waals surface area contributed by atoms with E-state index in [2.05, 4.69) is 15.4 Å². The number of amides is 1. The number of nitrogens with one attached hydrogen (secondary N) is 1. The first-order valence-corrected chi connectivity index (χ1v) is 10.1. The zero-order valence-electron chi connectivity index (χ0n) is 14.8. The Labute approximate surface area is 153 Å². The third kappa shape index (κ3) is 4.10. The SMILES string of the molecule is Cn1cc(C(=O)NCCc2cccnc2)c(S(=O)(=O)N2CCCCC2)n1. The average Bonchev–Trinajstić information content (AvgIpc) is 3.06. The number of hydrogen-bond donors (Lipinski definition) is 1. The minimum Gasteiger partial charge on any atom is -0.352 e. The lowest BCUT2D eigenvalue weighted by molar-refractivity contribution is 0.0950. The monoisotopic (exact) mass is 377 g/mol. The van der Waals surface area contributed by atoms with E-state index in [9.17, 15) is 13.2 Å². The molecule has 1 saturated heterocycles. The summed E-state index contributed by atoms with van der Waals surface area (Å²) in [6.45, 7) is 1.34. The van der Waals surface area contributed by atoms with Gasteiger partial charge in [-0.25, -0.2) is 8.42 Å². The highest BCUT2D eigenvalue weighted by atomic mass is 32.2. The van der Waals surface area contributed by atoms with Crippen molar-refractivity contribution in [3.05, 3.63) is 41.9 Å². The van der Waals surface area contributed by atoms with Gasteiger partial charge in [0.25, 0.3) is 15.9 Å². The third-order valence-corrected chi connectivity index (χ3v) is 6.20. The maximum atomic E-state index is 12.9. The lowest BCUT2D eigenvalue weighted by Crippen LogP contribution is -2.37. The number of hydrogen-bond acceptors (Lipinski definition) is 5. The molecule has 2 aromatic heterocycles. The number of carbonyl (C=O) groups is 1. The normalized spacial score (nSPS) is 15.7. The number of pyridine rings is 1. The number of nitrogens with zero attached hydrogens (tertiary/aromatic N) is 4. The molecule has 1 fully saturated rings. The van der Waals surface area contributed by atoms with Gasteiger partial charge in [0.1, 0.15) is 0 Å². The van der Waals surface area contributed by atoms with Gasteiger partial charge in [-0.1, -0.05) is 12.5 Å². The molecule has 140 valence electrons. The van der Waals surface area contributed by atoms with E-state index in [1.807, 2.05) is 12.1 Å². The molecule has 0 spiro atoms. The molecule has 0 atom stereocenters. The Balaban J connectivity index is 1.72. The summed E-state index contributed by atoms with van der Waals surface area (Å²) < 4.78 is 28.6. The molecule has 0 unspecified atom stereocenters. The maximum absolute atomic E-state index is 12.9. The standard InChI is InChI=1S/C17H23N5O3S/c1-21-13-15(16(23)19-9-7-14-6-5-8-18-12-14)17(20-21)26(24,25)22-10-3-2-4-11-22/h5-6,8,12-13H,2-4,7,9-11H2,1H3,(H,19,23). The van der Waals surface area contributed by atoms with Crippen LogP contribution in [0.1, 0.15) is 35.2 Å². The van der Waals surface area contributed by atoms with Crippen LogP contribution in [0.2, 0.25) is 0 Å². The Morgan fingerprint density at radius 1 is 1.27 bits per heavy atom. The highest BCUT2D eigenvalue weighted by molar-refractivity contribution is 7.89. The van der Waals surface area contributed by atoms with E-state index in [-0.39, 0.29) is 10.6 Å². The van der Waals surface area contributed by atoms with E-state index in [0.29, 0.717) is 26.1 Å². The molecular weight excluding hydrogens is 354 g/mol. The van der Waals surface area contributed by atoms with Crippen molar-refractivity contribution in [3.63, 3.8) is 0 Å². The van der Waals surface area contributed by atoms with Gasteiger partial charge in [0.05, 0.1) is 5.56 Å². The molecule has 1 aliphatic rings. The van der Waals surface area contributed by atoms with E-state index >= 15 is 0 Å². The second-order valence-electron chi connectivity index (χ2n) is 6.35. The fourth-order valence-corrected chi connectivity index (χ4v) is 4.64. The highest BCUT2D eigenvalue weighted by Gasteiger charge is 2.33. The van der Waals surface area contributed by atoms with E-state index < -0.39 is 15.9 Å². The van der Waals surface area contributed by atoms with Crippen molar-refractivity contribution >= 4 is 15.9 Å². The molecule has 0 bridgehead atoms. The van der Waals surface area contributed by atoms with Crippen LogP contribution >= 0.6 is 0 Å². The minimum absolute atomic E-state index is 0.0873. The van der Waals surface area contributed by atoms with E-state index in [4.69, 9.17) is 0 Å². The maximum Gasteiger partial charge on any atom is 0.263 e. The lowest BCUT2D eigenvalue weighted by Gasteiger charge is -2.25. The Morgan fingerprint density at radius 3 is 2.73 bits per heavy atom. The predicted molar refractivity (Wildman–Crippen MR) is 96.1 cm³/mol. The molecule has 3 heterocycles. The summed E-state index contributed by atoms with van der Waals surface area (Å²) in [4.78, 5) is 16.6. The Morgan fingerprint density at radius 2 is 2.04 bits per heavy atom. The van der Waals surface area contributed by atoms with Crippen molar-refractivity contribution < 1.29 is 13.2 Å². The Bertz CT molecular complexity index is 858. The van der Waals surface area contributed by atoms with Crippen LogP contribution in [0, 0.1) is 0 Å². The first-order chi connectivity index (χ1) is 12.5. The number of aromatic nitrogens is 3. The summed E-state index contributed by atoms with van der Waals surface area (Å²) >= 11 is 0.